The van der Waals surface area contributed by atoms with Gasteiger partial charge < -0.3 is 120 Å². The fraction of sp³-hybridized carbons (Fsp3) is 0.489. The summed E-state index contributed by atoms with van der Waals surface area (Å²) in [5.74, 6) is -21.0. The van der Waals surface area contributed by atoms with E-state index in [1.165, 1.54) is 55.4 Å². The monoisotopic (exact) mass is 1920 g/mol. The molecule has 4 aromatic carbocycles. The van der Waals surface area contributed by atoms with Gasteiger partial charge >= 0.3 is 11.9 Å². The normalized spacial score (nSPS) is 24.3. The number of imidazole rings is 1. The highest BCUT2D eigenvalue weighted by atomic mass is 32.2. The number of aromatic nitrogens is 7. The van der Waals surface area contributed by atoms with Crippen molar-refractivity contribution < 1.29 is 112 Å². The van der Waals surface area contributed by atoms with Gasteiger partial charge in [0.25, 0.3) is 0 Å². The Morgan fingerprint density at radius 3 is 1.83 bits per heavy atom. The molecule has 0 spiro atoms. The summed E-state index contributed by atoms with van der Waals surface area (Å²) in [5, 5.41) is 93.9. The van der Waals surface area contributed by atoms with Crippen LogP contribution in [-0.2, 0) is 112 Å². The first kappa shape index (κ1) is 105. The number of fused-ring (bicyclic) bond motifs is 5. The zero-order valence-corrected chi connectivity index (χ0v) is 77.0. The summed E-state index contributed by atoms with van der Waals surface area (Å²) in [6.07, 6.45) is -1.28. The SMILES string of the molecule is CCCC[C@H]1C(=O)N[C@@H](CCC(=O)O)C(=O)N[C@H](C(=O)NCC(N)=O)CSCC(=O)N[C@@H](Cc2ccc(O)cc2)C(=O)N(C)[C@@H](C)C(=O)N[C@@H](CC(=O)O)C(=O)N2CCC[C@H]2C(=O)N[C@@H](Cc2cnc[nH]2)C(=O)N[C@@H](CCC(N)=O)C(=O)N2C[C@H](O)C[C@H]2C(=O)N[C@@H](Cc2c[nH]c3ccccc23)C(=O)N[C@@H](CO)C(=O)N[C@@H](Cc2cccc3ccccc23)c2nnnn2[C@@H](CCCC)C(=O)N1C. The summed E-state index contributed by atoms with van der Waals surface area (Å²) in [4.78, 5) is 273. The number of carboxylic acids is 2. The lowest BCUT2D eigenvalue weighted by molar-refractivity contribution is -0.147. The lowest BCUT2D eigenvalue weighted by Gasteiger charge is -2.32. The van der Waals surface area contributed by atoms with E-state index < -0.39 is 273 Å². The number of aliphatic hydroxyl groups is 2. The van der Waals surface area contributed by atoms with Crippen LogP contribution in [0.1, 0.15) is 151 Å². The van der Waals surface area contributed by atoms with E-state index in [0.29, 0.717) is 64.0 Å². The van der Waals surface area contributed by atoms with Crippen molar-refractivity contribution in [2.24, 2.45) is 11.5 Å². The Balaban J connectivity index is 1.04. The van der Waals surface area contributed by atoms with Crippen molar-refractivity contribution in [3.63, 3.8) is 0 Å². The van der Waals surface area contributed by atoms with Crippen LogP contribution >= 0.6 is 11.8 Å². The number of rotatable bonds is 26. The zero-order valence-electron chi connectivity index (χ0n) is 76.2. The van der Waals surface area contributed by atoms with Crippen LogP contribution in [0.25, 0.3) is 21.7 Å². The quantitative estimate of drug-likeness (QED) is 0.0261. The van der Waals surface area contributed by atoms with E-state index >= 15 is 33.6 Å². The predicted molar refractivity (Wildman–Crippen MR) is 490 cm³/mol. The molecular formula is C90H117N23O23S. The molecule has 2 fully saturated rings. The molecule has 0 saturated carbocycles. The van der Waals surface area contributed by atoms with Crippen LogP contribution in [0, 0.1) is 0 Å². The van der Waals surface area contributed by atoms with E-state index in [4.69, 9.17) is 11.5 Å². The van der Waals surface area contributed by atoms with Gasteiger partial charge in [-0.05, 0) is 102 Å². The molecule has 46 nitrogen and oxygen atoms in total. The number of primary amides is 2. The first-order chi connectivity index (χ1) is 65.4. The molecular weight excluding hydrogens is 1800 g/mol. The number of para-hydroxylation sites is 1. The minimum atomic E-state index is -1.95. The van der Waals surface area contributed by atoms with Gasteiger partial charge in [-0.15, -0.1) is 16.9 Å². The highest BCUT2D eigenvalue weighted by Crippen LogP contribution is 2.31. The number of phenolic OH excluding ortho intramolecular Hbond substituents is 1. The third-order valence-corrected chi connectivity index (χ3v) is 25.2. The second kappa shape index (κ2) is 49.6. The van der Waals surface area contributed by atoms with Gasteiger partial charge in [-0.3, -0.25) is 86.3 Å². The molecule has 7 aromatic rings. The number of aromatic hydroxyl groups is 1. The molecule has 3 aliphatic rings. The largest absolute Gasteiger partial charge is 0.508 e. The van der Waals surface area contributed by atoms with E-state index in [9.17, 15) is 78.3 Å². The molecule has 736 valence electrons. The van der Waals surface area contributed by atoms with Gasteiger partial charge in [-0.1, -0.05) is 112 Å². The second-order valence-corrected chi connectivity index (χ2v) is 35.1. The van der Waals surface area contributed by atoms with Crippen LogP contribution in [0.4, 0.5) is 0 Å². The van der Waals surface area contributed by atoms with Crippen LogP contribution in [0.5, 0.6) is 5.75 Å². The number of likely N-dealkylation sites (N-methyl/N-ethyl adjacent to an activating group) is 2. The van der Waals surface area contributed by atoms with Crippen LogP contribution in [-0.4, -0.2) is 317 Å². The maximum absolute atomic E-state index is 15.8. The van der Waals surface area contributed by atoms with Gasteiger partial charge in [0.05, 0.1) is 43.8 Å². The van der Waals surface area contributed by atoms with Crippen molar-refractivity contribution in [3.05, 3.63) is 138 Å². The number of nitrogens with one attached hydrogen (secondary N) is 12. The minimum Gasteiger partial charge on any atom is -0.508 e. The molecule has 6 heterocycles. The molecule has 10 rings (SSSR count). The highest BCUT2D eigenvalue weighted by molar-refractivity contribution is 8.00. The number of hydrogen-bond donors (Lipinski definition) is 19. The summed E-state index contributed by atoms with van der Waals surface area (Å²) in [6.45, 7) is 2.16. The number of aliphatic carboxylic acids is 2. The molecule has 15 atom stereocenters. The number of aliphatic hydroxyl groups excluding tert-OH is 2. The molecule has 0 aliphatic carbocycles. The third kappa shape index (κ3) is 28.5. The van der Waals surface area contributed by atoms with Crippen LogP contribution < -0.4 is 64.6 Å². The molecule has 0 radical (unpaired) electrons. The fourth-order valence-corrected chi connectivity index (χ4v) is 17.5. The molecule has 2 saturated heterocycles. The molecule has 137 heavy (non-hydrogen) atoms. The molecule has 3 aliphatic heterocycles. The number of nitrogens with two attached hydrogens (primary N) is 2. The summed E-state index contributed by atoms with van der Waals surface area (Å²) in [6, 6.07) is 1.79. The topological polar surface area (TPSA) is 682 Å². The summed E-state index contributed by atoms with van der Waals surface area (Å²) in [7, 11) is 2.47. The predicted octanol–water partition coefficient (Wildman–Crippen LogP) is -2.76. The Morgan fingerprint density at radius 2 is 1.16 bits per heavy atom. The lowest BCUT2D eigenvalue weighted by atomic mass is 9.97. The van der Waals surface area contributed by atoms with E-state index in [1.807, 2.05) is 25.1 Å². The van der Waals surface area contributed by atoms with Gasteiger partial charge in [-0.2, -0.15) is 0 Å². The van der Waals surface area contributed by atoms with E-state index in [0.717, 1.165) is 32.0 Å². The van der Waals surface area contributed by atoms with Gasteiger partial charge in [0.2, 0.25) is 94.5 Å². The Kier molecular flexibility index (Phi) is 37.9. The van der Waals surface area contributed by atoms with Crippen LogP contribution in [0.3, 0.4) is 0 Å². The third-order valence-electron chi connectivity index (χ3n) is 24.1. The number of unbranched alkanes of at least 4 members (excludes halogenated alkanes) is 2. The molecule has 0 bridgehead atoms. The van der Waals surface area contributed by atoms with Crippen molar-refractivity contribution in [2.75, 3.05) is 51.8 Å². The van der Waals surface area contributed by atoms with Gasteiger partial charge in [0.1, 0.15) is 84.3 Å². The average molecular weight is 1920 g/mol. The molecule has 3 aromatic heterocycles. The maximum Gasteiger partial charge on any atom is 0.305 e. The summed E-state index contributed by atoms with van der Waals surface area (Å²) in [5.41, 5.74) is 13.3. The molecule has 0 unspecified atom stereocenters. The number of H-pyrrole nitrogens is 2. The summed E-state index contributed by atoms with van der Waals surface area (Å²) < 4.78 is 1.17. The van der Waals surface area contributed by atoms with E-state index in [-0.39, 0.29) is 75.2 Å². The maximum atomic E-state index is 15.8. The number of benzene rings is 4. The molecule has 21 N–H and O–H groups in total. The first-order valence-corrected chi connectivity index (χ1v) is 46.2. The minimum absolute atomic E-state index is 0.0262. The fourth-order valence-electron chi connectivity index (χ4n) is 16.6. The Morgan fingerprint density at radius 1 is 0.555 bits per heavy atom. The highest BCUT2D eigenvalue weighted by Gasteiger charge is 2.47. The zero-order chi connectivity index (χ0) is 99.4. The number of hydrogen-bond acceptors (Lipinski definition) is 26. The van der Waals surface area contributed by atoms with E-state index in [2.05, 4.69) is 83.6 Å². The average Bonchev–Trinajstić information content (AvgIpc) is 1.69. The van der Waals surface area contributed by atoms with E-state index in [1.54, 1.807) is 61.7 Å². The van der Waals surface area contributed by atoms with Gasteiger partial charge in [-0.25, -0.2) is 9.67 Å². The number of carboxylic acid groups (broad SMARTS) is 2. The number of nitrogens with zero attached hydrogens (tertiary/aromatic N) is 9. The van der Waals surface area contributed by atoms with Crippen LogP contribution in [0.15, 0.2) is 110 Å². The van der Waals surface area contributed by atoms with Crippen molar-refractivity contribution in [3.8, 4) is 5.75 Å². The first-order valence-electron chi connectivity index (χ1n) is 45.0. The molecule has 16 amide bonds. The molecule has 47 heteroatoms. The van der Waals surface area contributed by atoms with Crippen LogP contribution in [0.2, 0.25) is 0 Å². The second-order valence-electron chi connectivity index (χ2n) is 34.0. The lowest BCUT2D eigenvalue weighted by Crippen LogP contribution is -2.60. The van der Waals surface area contributed by atoms with Gasteiger partial charge in [0.15, 0.2) is 5.82 Å². The van der Waals surface area contributed by atoms with Gasteiger partial charge in [0, 0.05) is 107 Å². The number of carbonyl (C=O) groups excluding carboxylic acids is 16. The Labute approximate surface area is 789 Å². The van der Waals surface area contributed by atoms with Crippen molar-refractivity contribution in [1.29, 1.82) is 0 Å². The number of tetrazole rings is 1. The van der Waals surface area contributed by atoms with Crippen molar-refractivity contribution in [2.45, 2.75) is 227 Å². The Bertz CT molecular complexity index is 5520. The standard InChI is InChI=1S/C90H117N23O23S/c1-6-8-22-68-84(130)98-59(30-32-75(120)121)80(126)105-67(79(125)95-42-73(92)118)45-137-46-74(119)97-64(34-49-25-27-54(115)28-26-49)87(133)109(4)48(3)78(124)103-65(39-76(122)123)89(135)111-33-15-24-69(111)85(131)102-63(37-53-41-93-47-96-53)82(128)99-60(29-31-72(91)117)88(134)112-43-55(116)38-71(112)86(132)101-62(36-52-40-94-58-21-13-12-20-57(52)58)81(127)104-66(44-114)83(129)100-61(35-51-18-14-17-50-16-10-11-19-56(50)51)77-106-107-108-113(77)70(23-9-7-2)90(136)110(68)5/h10-14,16-21,25-28,40-41,47-48,55,59-71,94,114-116H,6-9,15,22-24,29-39,42-46H2,1-5H3,(H2,91,117)(H2,92,118)(H,93,96)(H,95,125)(H,97,119)(H,98,130)(H,99,128)(H,100,129)(H,101,132)(H,102,131)(H,103,124)(H,104,127)(H,105,126)(H,120,121)(H,122,123)/t48-,55+,59-,60-,61-,62-,63-,64-,65-,66-,67-,68-,69-,70-,71-/m0/s1. The number of amides is 16. The van der Waals surface area contributed by atoms with Crippen molar-refractivity contribution in [1.82, 2.24) is 108 Å². The Hall–Kier alpha value is -14.5. The number of carbonyl (C=O) groups is 18. The smallest absolute Gasteiger partial charge is 0.305 e. The number of thioether (sulfide) groups is 1. The number of phenols is 1. The van der Waals surface area contributed by atoms with Crippen molar-refractivity contribution >= 4 is 140 Å². The number of aromatic amines is 2. The summed E-state index contributed by atoms with van der Waals surface area (Å²) >= 11 is 0.693.